The number of nitrogens with one attached hydrogen (secondary N) is 1. The van der Waals surface area contributed by atoms with Crippen LogP contribution in [0, 0.1) is 5.92 Å². The van der Waals surface area contributed by atoms with Crippen LogP contribution in [-0.4, -0.2) is 12.1 Å². The van der Waals surface area contributed by atoms with E-state index in [0.29, 0.717) is 5.92 Å². The smallest absolute Gasteiger partial charge is 0.0934 e. The number of hydrogen-bond acceptors (Lipinski definition) is 2. The highest BCUT2D eigenvalue weighted by Gasteiger charge is 2.11. The maximum Gasteiger partial charge on any atom is 0.0934 e. The van der Waals surface area contributed by atoms with E-state index in [0.717, 1.165) is 13.0 Å². The summed E-state index contributed by atoms with van der Waals surface area (Å²) in [6, 6.07) is 2.04. The van der Waals surface area contributed by atoms with E-state index < -0.39 is 0 Å². The zero-order valence-corrected chi connectivity index (χ0v) is 9.63. The van der Waals surface area contributed by atoms with Crippen molar-refractivity contribution in [3.8, 4) is 0 Å². The summed E-state index contributed by atoms with van der Waals surface area (Å²) in [6.45, 7) is 9.88. The Bertz CT molecular complexity index is 246. The van der Waals surface area contributed by atoms with Crippen LogP contribution in [0.4, 0.5) is 0 Å². The van der Waals surface area contributed by atoms with Gasteiger partial charge in [0.15, 0.2) is 0 Å². The third-order valence-corrected chi connectivity index (χ3v) is 2.15. The predicted molar refractivity (Wildman–Crippen MR) is 59.3 cm³/mol. The van der Waals surface area contributed by atoms with Gasteiger partial charge in [-0.3, -0.25) is 0 Å². The number of hydrogen-bond donors (Lipinski definition) is 1. The first-order valence-corrected chi connectivity index (χ1v) is 5.23. The SMILES string of the molecule is CC(CNC(C)(C)C)Cc1ccoc1. The van der Waals surface area contributed by atoms with Crippen LogP contribution in [0.25, 0.3) is 0 Å². The molecule has 2 nitrogen and oxygen atoms in total. The van der Waals surface area contributed by atoms with Gasteiger partial charge in [-0.05, 0) is 51.3 Å². The maximum atomic E-state index is 5.04. The van der Waals surface area contributed by atoms with Gasteiger partial charge in [-0.2, -0.15) is 0 Å². The number of rotatable bonds is 4. The van der Waals surface area contributed by atoms with Crippen molar-refractivity contribution < 1.29 is 4.42 Å². The topological polar surface area (TPSA) is 25.2 Å². The Hall–Kier alpha value is -0.760. The van der Waals surface area contributed by atoms with E-state index in [4.69, 9.17) is 4.42 Å². The molecule has 1 aromatic heterocycles. The normalized spacial score (nSPS) is 14.3. The summed E-state index contributed by atoms with van der Waals surface area (Å²) < 4.78 is 5.04. The maximum absolute atomic E-state index is 5.04. The second-order valence-electron chi connectivity index (χ2n) is 5.07. The second-order valence-corrected chi connectivity index (χ2v) is 5.07. The Morgan fingerprint density at radius 1 is 1.43 bits per heavy atom. The van der Waals surface area contributed by atoms with Crippen LogP contribution >= 0.6 is 0 Å². The molecule has 0 amide bonds. The highest BCUT2D eigenvalue weighted by atomic mass is 16.3. The van der Waals surface area contributed by atoms with Crippen molar-refractivity contribution in [2.75, 3.05) is 6.54 Å². The van der Waals surface area contributed by atoms with Crippen LogP contribution in [0.1, 0.15) is 33.3 Å². The van der Waals surface area contributed by atoms with Gasteiger partial charge in [0.1, 0.15) is 0 Å². The zero-order chi connectivity index (χ0) is 10.6. The minimum atomic E-state index is 0.213. The zero-order valence-electron chi connectivity index (χ0n) is 9.63. The van der Waals surface area contributed by atoms with E-state index in [-0.39, 0.29) is 5.54 Å². The molecule has 14 heavy (non-hydrogen) atoms. The first-order chi connectivity index (χ1) is 6.47. The van der Waals surface area contributed by atoms with Crippen LogP contribution in [-0.2, 0) is 6.42 Å². The van der Waals surface area contributed by atoms with Gasteiger partial charge >= 0.3 is 0 Å². The summed E-state index contributed by atoms with van der Waals surface area (Å²) in [5.74, 6) is 0.645. The second kappa shape index (κ2) is 4.65. The molecule has 2 heteroatoms. The molecule has 0 fully saturated rings. The minimum Gasteiger partial charge on any atom is -0.472 e. The quantitative estimate of drug-likeness (QED) is 0.799. The molecule has 0 aliphatic carbocycles. The van der Waals surface area contributed by atoms with Crippen LogP contribution in [0.3, 0.4) is 0 Å². The van der Waals surface area contributed by atoms with E-state index in [2.05, 4.69) is 33.0 Å². The molecule has 1 N–H and O–H groups in total. The van der Waals surface area contributed by atoms with Crippen LogP contribution in [0.15, 0.2) is 23.0 Å². The Morgan fingerprint density at radius 2 is 2.14 bits per heavy atom. The molecule has 0 bridgehead atoms. The summed E-state index contributed by atoms with van der Waals surface area (Å²) in [5, 5.41) is 3.50. The largest absolute Gasteiger partial charge is 0.472 e. The first kappa shape index (κ1) is 11.3. The molecule has 1 unspecified atom stereocenters. The molecule has 0 spiro atoms. The fourth-order valence-corrected chi connectivity index (χ4v) is 1.36. The van der Waals surface area contributed by atoms with Gasteiger partial charge in [0, 0.05) is 5.54 Å². The molecule has 0 aromatic carbocycles. The van der Waals surface area contributed by atoms with Gasteiger partial charge in [0.05, 0.1) is 12.5 Å². The lowest BCUT2D eigenvalue weighted by molar-refractivity contribution is 0.381. The first-order valence-electron chi connectivity index (χ1n) is 5.23. The van der Waals surface area contributed by atoms with Gasteiger partial charge in [-0.1, -0.05) is 6.92 Å². The molecule has 1 atom stereocenters. The number of furan rings is 1. The van der Waals surface area contributed by atoms with Crippen molar-refractivity contribution in [2.24, 2.45) is 5.92 Å². The lowest BCUT2D eigenvalue weighted by Gasteiger charge is -2.23. The molecule has 0 aliphatic rings. The fourth-order valence-electron chi connectivity index (χ4n) is 1.36. The Kier molecular flexibility index (Phi) is 3.76. The summed E-state index contributed by atoms with van der Waals surface area (Å²) in [5.41, 5.74) is 1.50. The van der Waals surface area contributed by atoms with Crippen molar-refractivity contribution in [3.63, 3.8) is 0 Å². The Labute approximate surface area is 86.7 Å². The van der Waals surface area contributed by atoms with Crippen molar-refractivity contribution in [3.05, 3.63) is 24.2 Å². The summed E-state index contributed by atoms with van der Waals surface area (Å²) in [7, 11) is 0. The van der Waals surface area contributed by atoms with Gasteiger partial charge in [0.2, 0.25) is 0 Å². The highest BCUT2D eigenvalue weighted by Crippen LogP contribution is 2.09. The van der Waals surface area contributed by atoms with Crippen molar-refractivity contribution in [1.29, 1.82) is 0 Å². The Balaban J connectivity index is 2.26. The molecule has 1 rings (SSSR count). The van der Waals surface area contributed by atoms with Crippen LogP contribution < -0.4 is 5.32 Å². The lowest BCUT2D eigenvalue weighted by atomic mass is 10.0. The summed E-state index contributed by atoms with van der Waals surface area (Å²) in [6.07, 6.45) is 4.65. The minimum absolute atomic E-state index is 0.213. The molecule has 0 saturated heterocycles. The van der Waals surface area contributed by atoms with Crippen molar-refractivity contribution >= 4 is 0 Å². The van der Waals surface area contributed by atoms with E-state index >= 15 is 0 Å². The van der Waals surface area contributed by atoms with Crippen LogP contribution in [0.5, 0.6) is 0 Å². The molecule has 1 heterocycles. The highest BCUT2D eigenvalue weighted by molar-refractivity contribution is 5.06. The molecule has 80 valence electrons. The van der Waals surface area contributed by atoms with Crippen molar-refractivity contribution in [2.45, 2.75) is 39.7 Å². The fraction of sp³-hybridized carbons (Fsp3) is 0.667. The van der Waals surface area contributed by atoms with Crippen molar-refractivity contribution in [1.82, 2.24) is 5.32 Å². The van der Waals surface area contributed by atoms with E-state index in [1.165, 1.54) is 5.56 Å². The van der Waals surface area contributed by atoms with E-state index in [1.54, 1.807) is 6.26 Å². The average Bonchev–Trinajstić information content (AvgIpc) is 2.52. The average molecular weight is 195 g/mol. The molecule has 1 aromatic rings. The standard InChI is InChI=1S/C12H21NO/c1-10(8-13-12(2,3)4)7-11-5-6-14-9-11/h5-6,9-10,13H,7-8H2,1-4H3. The molecule has 0 saturated carbocycles. The molecular formula is C12H21NO. The molecule has 0 aliphatic heterocycles. The third kappa shape index (κ3) is 4.47. The van der Waals surface area contributed by atoms with E-state index in [9.17, 15) is 0 Å². The Morgan fingerprint density at radius 3 is 2.64 bits per heavy atom. The van der Waals surface area contributed by atoms with Crippen LogP contribution in [0.2, 0.25) is 0 Å². The van der Waals surface area contributed by atoms with E-state index in [1.807, 2.05) is 12.3 Å². The lowest BCUT2D eigenvalue weighted by Crippen LogP contribution is -2.38. The molecule has 0 radical (unpaired) electrons. The van der Waals surface area contributed by atoms with Gasteiger partial charge < -0.3 is 9.73 Å². The molecular weight excluding hydrogens is 174 g/mol. The monoisotopic (exact) mass is 195 g/mol. The predicted octanol–water partition coefficient (Wildman–Crippen LogP) is 2.85. The van der Waals surface area contributed by atoms with Gasteiger partial charge in [-0.15, -0.1) is 0 Å². The third-order valence-electron chi connectivity index (χ3n) is 2.15. The van der Waals surface area contributed by atoms with Gasteiger partial charge in [-0.25, -0.2) is 0 Å². The summed E-state index contributed by atoms with van der Waals surface area (Å²) in [4.78, 5) is 0. The summed E-state index contributed by atoms with van der Waals surface area (Å²) >= 11 is 0. The van der Waals surface area contributed by atoms with Gasteiger partial charge in [0.25, 0.3) is 0 Å².